The molecular formula is C94H91NO13. The van der Waals surface area contributed by atoms with Crippen LogP contribution in [0.25, 0.3) is 27.9 Å². The Morgan fingerprint density at radius 1 is 0.444 bits per heavy atom. The van der Waals surface area contributed by atoms with Gasteiger partial charge < -0.3 is 33.2 Å². The van der Waals surface area contributed by atoms with E-state index < -0.39 is 27.8 Å². The van der Waals surface area contributed by atoms with E-state index in [4.69, 9.17) is 46.5 Å². The van der Waals surface area contributed by atoms with Crippen LogP contribution in [0.1, 0.15) is 171 Å². The molecule has 11 aliphatic carbocycles. The Balaban J connectivity index is 0.000000115. The molecule has 6 aromatic carbocycles. The Morgan fingerprint density at radius 3 is 1.36 bits per heavy atom. The highest BCUT2D eigenvalue weighted by Crippen LogP contribution is 2.59. The topological polar surface area (TPSA) is 199 Å². The van der Waals surface area contributed by atoms with Gasteiger partial charge in [0.05, 0.1) is 71.3 Å². The highest BCUT2D eigenvalue weighted by Gasteiger charge is 2.58. The molecule has 2 aliphatic heterocycles. The first-order chi connectivity index (χ1) is 52.1. The third kappa shape index (κ3) is 13.5. The fourth-order valence-corrected chi connectivity index (χ4v) is 18.2. The van der Waals surface area contributed by atoms with Crippen LogP contribution in [0.5, 0.6) is 0 Å². The van der Waals surface area contributed by atoms with Gasteiger partial charge in [-0.15, -0.1) is 12.8 Å². The van der Waals surface area contributed by atoms with E-state index in [2.05, 4.69) is 54.3 Å². The van der Waals surface area contributed by atoms with Gasteiger partial charge in [0.2, 0.25) is 0 Å². The van der Waals surface area contributed by atoms with Crippen molar-refractivity contribution in [1.82, 2.24) is 0 Å². The monoisotopic (exact) mass is 1440 g/mol. The Labute approximate surface area is 633 Å². The zero-order valence-electron chi connectivity index (χ0n) is 62.7. The maximum absolute atomic E-state index is 12.6. The van der Waals surface area contributed by atoms with Crippen molar-refractivity contribution < 1.29 is 62.0 Å². The number of fused-ring (bicyclic) bond motifs is 16. The molecule has 550 valence electrons. The minimum absolute atomic E-state index is 0.0501. The molecule has 2 spiro atoms. The van der Waals surface area contributed by atoms with Crippen molar-refractivity contribution in [3.05, 3.63) is 254 Å². The van der Waals surface area contributed by atoms with E-state index in [1.807, 2.05) is 163 Å². The second kappa shape index (κ2) is 30.3. The quantitative estimate of drug-likeness (QED) is 0.0921. The van der Waals surface area contributed by atoms with Crippen LogP contribution in [0.15, 0.2) is 188 Å². The van der Waals surface area contributed by atoms with Gasteiger partial charge in [-0.05, 0) is 217 Å². The number of aldehydes is 1. The van der Waals surface area contributed by atoms with Crippen LogP contribution in [0.3, 0.4) is 0 Å². The molecule has 0 aromatic heterocycles. The van der Waals surface area contributed by atoms with Crippen molar-refractivity contribution >= 4 is 69.2 Å². The molecule has 0 radical (unpaired) electrons. The molecule has 108 heavy (non-hydrogen) atoms. The van der Waals surface area contributed by atoms with Crippen molar-refractivity contribution in [1.29, 1.82) is 5.26 Å². The SMILES string of the molecule is C#CC12C=C(C#N)C(=O)C=C1c1ccccc1C2.C#CC12CCC(=O)C=C1c1ccccc1C2.CC.CC1OC2(C=C3c4ccccc4CC3(C=O)CC2)OC1C.COC(=O)C12CCC(=O)C=C1c1ccccc1C2.COC(=O)C12CCC3(C=C1c1ccccc1C2)OC(C)C(C)O3.O=C1CCc2ccccc21. The zero-order chi connectivity index (χ0) is 76.6. The molecule has 9 unspecified atom stereocenters. The number of ether oxygens (including phenoxy) is 6. The molecular weight excluding hydrogens is 1350 g/mol. The summed E-state index contributed by atoms with van der Waals surface area (Å²) in [5.41, 5.74) is 16.2. The number of Topliss-reactive ketones (excluding diaryl/α,β-unsaturated/α-hetero) is 1. The first-order valence-electron chi connectivity index (χ1n) is 37.8. The molecule has 13 aliphatic rings. The predicted molar refractivity (Wildman–Crippen MR) is 414 cm³/mol. The van der Waals surface area contributed by atoms with Crippen LogP contribution < -0.4 is 0 Å². The van der Waals surface area contributed by atoms with Crippen molar-refractivity contribution in [2.24, 2.45) is 27.1 Å². The summed E-state index contributed by atoms with van der Waals surface area (Å²) in [7, 11) is 2.88. The van der Waals surface area contributed by atoms with E-state index in [0.717, 1.165) is 106 Å². The first-order valence-corrected chi connectivity index (χ1v) is 37.8. The molecule has 2 saturated heterocycles. The molecule has 0 saturated carbocycles. The molecule has 0 N–H and O–H groups in total. The average Bonchev–Trinajstić information content (AvgIpc) is 1.57. The Morgan fingerprint density at radius 2 is 0.861 bits per heavy atom. The highest BCUT2D eigenvalue weighted by atomic mass is 16.8. The van der Waals surface area contributed by atoms with Gasteiger partial charge in [-0.2, -0.15) is 5.26 Å². The summed E-state index contributed by atoms with van der Waals surface area (Å²) in [6.07, 6.45) is 34.0. The van der Waals surface area contributed by atoms with Gasteiger partial charge in [-0.1, -0.05) is 171 Å². The van der Waals surface area contributed by atoms with Gasteiger partial charge in [-0.25, -0.2) is 0 Å². The van der Waals surface area contributed by atoms with Crippen LogP contribution in [0, 0.1) is 63.1 Å². The zero-order valence-corrected chi connectivity index (χ0v) is 62.7. The molecule has 14 nitrogen and oxygen atoms in total. The maximum atomic E-state index is 12.6. The van der Waals surface area contributed by atoms with E-state index in [-0.39, 0.29) is 70.1 Å². The number of esters is 2. The number of hydrogen-bond acceptors (Lipinski definition) is 14. The minimum Gasteiger partial charge on any atom is -0.468 e. The summed E-state index contributed by atoms with van der Waals surface area (Å²) >= 11 is 0. The lowest BCUT2D eigenvalue weighted by molar-refractivity contribution is -0.160. The van der Waals surface area contributed by atoms with Crippen LogP contribution in [0.2, 0.25) is 0 Å². The van der Waals surface area contributed by atoms with Crippen molar-refractivity contribution in [3.8, 4) is 30.8 Å². The van der Waals surface area contributed by atoms with Gasteiger partial charge in [-0.3, -0.25) is 28.8 Å². The summed E-state index contributed by atoms with van der Waals surface area (Å²) in [6, 6.07) is 50.2. The minimum atomic E-state index is -0.705. The second-order valence-electron chi connectivity index (χ2n) is 30.2. The molecule has 0 amide bonds. The summed E-state index contributed by atoms with van der Waals surface area (Å²) < 4.78 is 34.6. The van der Waals surface area contributed by atoms with Crippen LogP contribution in [-0.4, -0.2) is 91.6 Å². The number of terminal acetylenes is 2. The average molecular weight is 1440 g/mol. The fourth-order valence-electron chi connectivity index (χ4n) is 18.2. The lowest BCUT2D eigenvalue weighted by Gasteiger charge is -2.38. The van der Waals surface area contributed by atoms with E-state index in [1.165, 1.54) is 53.7 Å². The molecule has 6 aromatic rings. The van der Waals surface area contributed by atoms with Crippen LogP contribution in [-0.2, 0) is 95.7 Å². The van der Waals surface area contributed by atoms with Gasteiger partial charge in [0.25, 0.3) is 0 Å². The number of ketones is 4. The number of nitrogens with zero attached hydrogens (tertiary/aromatic N) is 1. The predicted octanol–water partition coefficient (Wildman–Crippen LogP) is 16.1. The second-order valence-corrected chi connectivity index (χ2v) is 30.2. The molecule has 2 heterocycles. The van der Waals surface area contributed by atoms with Gasteiger partial charge in [0, 0.05) is 37.7 Å². The van der Waals surface area contributed by atoms with E-state index in [9.17, 15) is 33.6 Å². The third-order valence-corrected chi connectivity index (χ3v) is 24.1. The number of allylic oxidation sites excluding steroid dienone is 8. The smallest absolute Gasteiger partial charge is 0.316 e. The molecule has 2 fully saturated rings. The first kappa shape index (κ1) is 75.7. The van der Waals surface area contributed by atoms with Gasteiger partial charge >= 0.3 is 11.9 Å². The number of aryl methyl sites for hydroxylation is 1. The number of methoxy groups -OCH3 is 2. The summed E-state index contributed by atoms with van der Waals surface area (Å²) in [6.45, 7) is 12.1. The lowest BCUT2D eigenvalue weighted by atomic mass is 9.71. The van der Waals surface area contributed by atoms with Crippen molar-refractivity contribution in [3.63, 3.8) is 0 Å². The Kier molecular flexibility index (Phi) is 21.2. The number of carbonyl (C=O) groups is 7. The summed E-state index contributed by atoms with van der Waals surface area (Å²) in [5.74, 6) is 4.31. The summed E-state index contributed by atoms with van der Waals surface area (Å²) in [4.78, 5) is 82.7. The number of carbonyl (C=O) groups excluding carboxylic acids is 7. The fraction of sp³-hybridized carbons (Fsp3) is 0.362. The highest BCUT2D eigenvalue weighted by molar-refractivity contribution is 6.15. The molecule has 14 heteroatoms. The van der Waals surface area contributed by atoms with Gasteiger partial charge in [0.1, 0.15) is 12.4 Å². The van der Waals surface area contributed by atoms with Crippen LogP contribution >= 0.6 is 0 Å². The largest absolute Gasteiger partial charge is 0.468 e. The Bertz CT molecular complexity index is 4990. The number of benzene rings is 6. The van der Waals surface area contributed by atoms with E-state index >= 15 is 0 Å². The molecule has 9 atom stereocenters. The lowest BCUT2D eigenvalue weighted by Crippen LogP contribution is -2.42. The molecule has 0 bridgehead atoms. The number of nitriles is 1. The van der Waals surface area contributed by atoms with E-state index in [0.29, 0.717) is 63.6 Å². The number of hydrogen-bond donors (Lipinski definition) is 0. The van der Waals surface area contributed by atoms with Gasteiger partial charge in [0.15, 0.2) is 34.7 Å². The van der Waals surface area contributed by atoms with E-state index in [1.54, 1.807) is 18.2 Å². The normalized spacial score (nSPS) is 29.7. The third-order valence-electron chi connectivity index (χ3n) is 24.1. The van der Waals surface area contributed by atoms with Crippen LogP contribution in [0.4, 0.5) is 0 Å². The Hall–Kier alpha value is -10.5. The maximum Gasteiger partial charge on any atom is 0.316 e. The summed E-state index contributed by atoms with van der Waals surface area (Å²) in [5, 5.41) is 8.97. The van der Waals surface area contributed by atoms with Crippen molar-refractivity contribution in [2.45, 2.75) is 174 Å². The number of rotatable bonds is 3. The van der Waals surface area contributed by atoms with Crippen molar-refractivity contribution in [2.75, 3.05) is 14.2 Å². The molecule has 19 rings (SSSR count). The standard InChI is InChI=1S/C19H22O4.C18H20O3.C16H9NO.C15H14O3.C15H12O.C9H8O.C2H6/c1-12-13(2)23-19(22-12)9-8-18(17(20)21-3)10-14-6-4-5-7-15(14)16(18)11-19;1-12-13(2)21-18(20-12)8-7-17(11-19)9-14-5-3-4-6-15(14)16(17)10-18;1-2-16-8-11-5-3-4-6-13(11)14(16)7-15(18)12(9-16)10-17;1-18-14(17)15-7-6-11(16)8-13(15)12-5-3-2-4-10(12)9-15;1-2-15-8-7-12(16)9-14(15)13-6-4-3-5-11(13)10-15;10-9-6-5-7-3-1-2-4-8(7)9;1-2/h4-7,11-13H,8-10H2,1-3H3;3-6,10-13H,7-9H2,1-2H3;1,3-7,9H,8H2;2-5,8H,6-7,9H2,1H3;1,3-6,9H,7-8,10H2;1-4H,5-6H2;1-2H3.